The zero-order chi connectivity index (χ0) is 19.1. The molecule has 9 heteroatoms. The molecule has 0 spiro atoms. The molecule has 0 radical (unpaired) electrons. The van der Waals surface area contributed by atoms with Gasteiger partial charge in [0, 0.05) is 6.54 Å². The van der Waals surface area contributed by atoms with Gasteiger partial charge in [-0.15, -0.1) is 11.8 Å². The molecule has 1 fully saturated rings. The lowest BCUT2D eigenvalue weighted by Crippen LogP contribution is -2.43. The highest BCUT2D eigenvalue weighted by Gasteiger charge is 2.37. The van der Waals surface area contributed by atoms with Crippen LogP contribution in [0.25, 0.3) is 11.0 Å². The van der Waals surface area contributed by atoms with E-state index in [0.29, 0.717) is 12.2 Å². The maximum Gasteiger partial charge on any atom is 0.410 e. The van der Waals surface area contributed by atoms with Gasteiger partial charge in [0.2, 0.25) is 5.28 Å². The van der Waals surface area contributed by atoms with E-state index in [1.54, 1.807) is 6.20 Å². The number of likely N-dealkylation sites (tertiary alicyclic amines) is 1. The highest BCUT2D eigenvalue weighted by atomic mass is 35.5. The standard InChI is InChI=1S/C17H24ClN5O2S/c1-10(12-7-6-8-22(12)16(24)25-17(2,3)4)23-13-11(9-19-23)14(26-5)21-15(18)20-13/h9-10,12H,6-8H2,1-5H3/t10-,12?/m1/s1. The molecule has 7 nitrogen and oxygen atoms in total. The van der Waals surface area contributed by atoms with Gasteiger partial charge < -0.3 is 9.64 Å². The smallest absolute Gasteiger partial charge is 0.410 e. The van der Waals surface area contributed by atoms with Crippen molar-refractivity contribution in [2.45, 2.75) is 63.2 Å². The third-order valence-electron chi connectivity index (χ3n) is 4.45. The normalized spacial score (nSPS) is 19.2. The van der Waals surface area contributed by atoms with Crippen molar-refractivity contribution in [3.63, 3.8) is 0 Å². The van der Waals surface area contributed by atoms with Crippen LogP contribution in [-0.4, -0.2) is 55.2 Å². The largest absolute Gasteiger partial charge is 0.444 e. The lowest BCUT2D eigenvalue weighted by molar-refractivity contribution is 0.0186. The minimum atomic E-state index is -0.514. The summed E-state index contributed by atoms with van der Waals surface area (Å²) in [7, 11) is 0. The Kier molecular flexibility index (Phi) is 5.35. The van der Waals surface area contributed by atoms with Crippen LogP contribution in [0.4, 0.5) is 4.79 Å². The Hall–Kier alpha value is -1.54. The van der Waals surface area contributed by atoms with Crippen LogP contribution < -0.4 is 0 Å². The summed E-state index contributed by atoms with van der Waals surface area (Å²) in [6.07, 6.45) is 5.27. The predicted molar refractivity (Wildman–Crippen MR) is 103 cm³/mol. The molecule has 2 aromatic heterocycles. The molecule has 0 N–H and O–H groups in total. The first kappa shape index (κ1) is 19.2. The number of aromatic nitrogens is 4. The summed E-state index contributed by atoms with van der Waals surface area (Å²) < 4.78 is 7.41. The Morgan fingerprint density at radius 1 is 1.42 bits per heavy atom. The fraction of sp³-hybridized carbons (Fsp3) is 0.647. The van der Waals surface area contributed by atoms with Crippen molar-refractivity contribution < 1.29 is 9.53 Å². The maximum absolute atomic E-state index is 12.6. The first-order valence-electron chi connectivity index (χ1n) is 8.65. The van der Waals surface area contributed by atoms with Crippen molar-refractivity contribution in [1.29, 1.82) is 0 Å². The van der Waals surface area contributed by atoms with Gasteiger partial charge in [-0.3, -0.25) is 0 Å². The summed E-state index contributed by atoms with van der Waals surface area (Å²) in [5, 5.41) is 6.39. The molecule has 1 amide bonds. The number of thioether (sulfide) groups is 1. The first-order chi connectivity index (χ1) is 12.2. The summed E-state index contributed by atoms with van der Waals surface area (Å²) in [4.78, 5) is 23.0. The van der Waals surface area contributed by atoms with Gasteiger partial charge in [-0.25, -0.2) is 14.5 Å². The molecule has 1 unspecified atom stereocenters. The fourth-order valence-electron chi connectivity index (χ4n) is 3.33. The molecular formula is C17H24ClN5O2S. The van der Waals surface area contributed by atoms with Gasteiger partial charge >= 0.3 is 6.09 Å². The zero-order valence-corrected chi connectivity index (χ0v) is 17.3. The van der Waals surface area contributed by atoms with Crippen LogP contribution in [0.5, 0.6) is 0 Å². The Bertz CT molecular complexity index is 819. The molecule has 1 saturated heterocycles. The number of ether oxygens (including phenoxy) is 1. The number of hydrogen-bond donors (Lipinski definition) is 0. The van der Waals surface area contributed by atoms with E-state index in [0.717, 1.165) is 23.3 Å². The van der Waals surface area contributed by atoms with E-state index in [1.165, 1.54) is 11.8 Å². The Balaban J connectivity index is 1.91. The third-order valence-corrected chi connectivity index (χ3v) is 5.32. The number of amides is 1. The Morgan fingerprint density at radius 2 is 2.15 bits per heavy atom. The lowest BCUT2D eigenvalue weighted by atomic mass is 10.1. The van der Waals surface area contributed by atoms with E-state index in [4.69, 9.17) is 16.3 Å². The van der Waals surface area contributed by atoms with Gasteiger partial charge in [0.25, 0.3) is 0 Å². The van der Waals surface area contributed by atoms with Crippen molar-refractivity contribution in [2.75, 3.05) is 12.8 Å². The number of carbonyl (C=O) groups excluding carboxylic acids is 1. The molecule has 3 rings (SSSR count). The molecule has 3 heterocycles. The monoisotopic (exact) mass is 397 g/mol. The number of carbonyl (C=O) groups is 1. The SMILES string of the molecule is CSc1nc(Cl)nc2c1cnn2[C@H](C)C1CCCN1C(=O)OC(C)(C)C. The zero-order valence-electron chi connectivity index (χ0n) is 15.7. The highest BCUT2D eigenvalue weighted by molar-refractivity contribution is 7.98. The van der Waals surface area contributed by atoms with Gasteiger partial charge in [-0.1, -0.05) is 0 Å². The summed E-state index contributed by atoms with van der Waals surface area (Å²) in [5.41, 5.74) is 0.178. The van der Waals surface area contributed by atoms with Crippen molar-refractivity contribution in [3.05, 3.63) is 11.5 Å². The van der Waals surface area contributed by atoms with Crippen LogP contribution in [0.15, 0.2) is 11.2 Å². The van der Waals surface area contributed by atoms with Crippen LogP contribution in [-0.2, 0) is 4.74 Å². The third kappa shape index (κ3) is 3.76. The Morgan fingerprint density at radius 3 is 2.81 bits per heavy atom. The van der Waals surface area contributed by atoms with E-state index < -0.39 is 5.60 Å². The van der Waals surface area contributed by atoms with Crippen molar-refractivity contribution in [2.24, 2.45) is 0 Å². The summed E-state index contributed by atoms with van der Waals surface area (Å²) in [6.45, 7) is 8.37. The van der Waals surface area contributed by atoms with E-state index >= 15 is 0 Å². The molecule has 0 aliphatic carbocycles. The molecule has 2 atom stereocenters. The molecule has 0 aromatic carbocycles. The fourth-order valence-corrected chi connectivity index (χ4v) is 4.09. The van der Waals surface area contributed by atoms with Gasteiger partial charge in [0.15, 0.2) is 5.65 Å². The molecular weight excluding hydrogens is 374 g/mol. The predicted octanol–water partition coefficient (Wildman–Crippen LogP) is 4.16. The summed E-state index contributed by atoms with van der Waals surface area (Å²) >= 11 is 7.59. The molecule has 26 heavy (non-hydrogen) atoms. The van der Waals surface area contributed by atoms with Gasteiger partial charge in [0.1, 0.15) is 10.6 Å². The van der Waals surface area contributed by atoms with Crippen molar-refractivity contribution >= 4 is 40.5 Å². The molecule has 142 valence electrons. The molecule has 1 aliphatic heterocycles. The van der Waals surface area contributed by atoms with E-state index in [2.05, 4.69) is 22.0 Å². The maximum atomic E-state index is 12.6. The number of hydrogen-bond acceptors (Lipinski definition) is 6. The van der Waals surface area contributed by atoms with Crippen molar-refractivity contribution in [3.8, 4) is 0 Å². The second-order valence-electron chi connectivity index (χ2n) is 7.45. The highest BCUT2D eigenvalue weighted by Crippen LogP contribution is 2.32. The quantitative estimate of drug-likeness (QED) is 0.439. The molecule has 2 aromatic rings. The number of nitrogens with zero attached hydrogens (tertiary/aromatic N) is 5. The minimum absolute atomic E-state index is 0.000537. The number of rotatable bonds is 3. The molecule has 1 aliphatic rings. The summed E-state index contributed by atoms with van der Waals surface area (Å²) in [5.74, 6) is 0. The van der Waals surface area contributed by atoms with E-state index in [9.17, 15) is 4.79 Å². The van der Waals surface area contributed by atoms with Crippen LogP contribution in [0.3, 0.4) is 0 Å². The summed E-state index contributed by atoms with van der Waals surface area (Å²) in [6, 6.07) is -0.0531. The average molecular weight is 398 g/mol. The van der Waals surface area contributed by atoms with Crippen LogP contribution in [0, 0.1) is 0 Å². The van der Waals surface area contributed by atoms with Gasteiger partial charge in [0.05, 0.1) is 23.7 Å². The topological polar surface area (TPSA) is 73.1 Å². The Labute approximate surface area is 162 Å². The minimum Gasteiger partial charge on any atom is -0.444 e. The number of fused-ring (bicyclic) bond motifs is 1. The van der Waals surface area contributed by atoms with E-state index in [1.807, 2.05) is 36.6 Å². The molecule has 0 bridgehead atoms. The van der Waals surface area contributed by atoms with Crippen LogP contribution in [0.1, 0.15) is 46.6 Å². The average Bonchev–Trinajstić information content (AvgIpc) is 3.18. The number of halogens is 1. The van der Waals surface area contributed by atoms with Crippen LogP contribution in [0.2, 0.25) is 5.28 Å². The van der Waals surface area contributed by atoms with Gasteiger partial charge in [-0.2, -0.15) is 10.1 Å². The van der Waals surface area contributed by atoms with Crippen LogP contribution >= 0.6 is 23.4 Å². The van der Waals surface area contributed by atoms with E-state index in [-0.39, 0.29) is 23.5 Å². The second kappa shape index (κ2) is 7.23. The lowest BCUT2D eigenvalue weighted by Gasteiger charge is -2.31. The first-order valence-corrected chi connectivity index (χ1v) is 10.3. The van der Waals surface area contributed by atoms with Crippen molar-refractivity contribution in [1.82, 2.24) is 24.6 Å². The molecule has 0 saturated carbocycles. The van der Waals surface area contributed by atoms with Gasteiger partial charge in [-0.05, 0) is 58.4 Å². The second-order valence-corrected chi connectivity index (χ2v) is 8.59.